The zero-order valence-electron chi connectivity index (χ0n) is 9.43. The van der Waals surface area contributed by atoms with Gasteiger partial charge in [0.25, 0.3) is 0 Å². The van der Waals surface area contributed by atoms with Gasteiger partial charge in [-0.3, -0.25) is 10.1 Å². The largest absolute Gasteiger partial charge is 0.433 e. The molecule has 1 aromatic rings. The fourth-order valence-electron chi connectivity index (χ4n) is 1.14. The topological polar surface area (TPSA) is 77.5 Å². The zero-order chi connectivity index (χ0) is 12.0. The van der Waals surface area contributed by atoms with Crippen molar-refractivity contribution in [1.82, 2.24) is 5.32 Å². The Bertz CT molecular complexity index is 335. The van der Waals surface area contributed by atoms with Crippen molar-refractivity contribution in [2.45, 2.75) is 26.5 Å². The van der Waals surface area contributed by atoms with E-state index >= 15 is 0 Å². The lowest BCUT2D eigenvalue weighted by molar-refractivity contribution is -0.402. The Morgan fingerprint density at radius 2 is 2.31 bits per heavy atom. The van der Waals surface area contributed by atoms with E-state index in [0.29, 0.717) is 25.5 Å². The lowest BCUT2D eigenvalue weighted by Gasteiger charge is -2.07. The molecule has 0 saturated heterocycles. The third kappa shape index (κ3) is 4.41. The van der Waals surface area contributed by atoms with Crippen molar-refractivity contribution in [1.29, 1.82) is 0 Å². The molecule has 6 nitrogen and oxygen atoms in total. The molecular weight excluding hydrogens is 212 g/mol. The maximum atomic E-state index is 10.3. The van der Waals surface area contributed by atoms with Crippen molar-refractivity contribution in [3.63, 3.8) is 0 Å². The minimum atomic E-state index is -0.550. The molecule has 1 N–H and O–H groups in total. The minimum Gasteiger partial charge on any atom is -0.404 e. The molecule has 6 heteroatoms. The smallest absolute Gasteiger partial charge is 0.404 e. The number of furan rings is 1. The van der Waals surface area contributed by atoms with Crippen LogP contribution in [0.4, 0.5) is 5.88 Å². The summed E-state index contributed by atoms with van der Waals surface area (Å²) in [4.78, 5) is 9.79. The van der Waals surface area contributed by atoms with Crippen LogP contribution >= 0.6 is 0 Å². The standard InChI is InChI=1S/C10H16N2O4/c1-8(2)15-6-5-11-7-9-3-4-10(16-9)12(13)14/h3-4,8,11H,5-7H2,1-2H3. The van der Waals surface area contributed by atoms with Gasteiger partial charge in [-0.25, -0.2) is 0 Å². The van der Waals surface area contributed by atoms with E-state index in [4.69, 9.17) is 9.15 Å². The van der Waals surface area contributed by atoms with Gasteiger partial charge in [0.1, 0.15) is 10.7 Å². The summed E-state index contributed by atoms with van der Waals surface area (Å²) in [5.41, 5.74) is 0. The Morgan fingerprint density at radius 3 is 2.88 bits per heavy atom. The van der Waals surface area contributed by atoms with Crippen LogP contribution in [-0.4, -0.2) is 24.2 Å². The van der Waals surface area contributed by atoms with Gasteiger partial charge in [-0.1, -0.05) is 0 Å². The molecule has 0 unspecified atom stereocenters. The monoisotopic (exact) mass is 228 g/mol. The predicted octanol–water partition coefficient (Wildman–Crippen LogP) is 1.70. The average Bonchev–Trinajstić information content (AvgIpc) is 2.65. The minimum absolute atomic E-state index is 0.214. The highest BCUT2D eigenvalue weighted by Crippen LogP contribution is 2.14. The van der Waals surface area contributed by atoms with Crippen LogP contribution in [0, 0.1) is 10.1 Å². The maximum absolute atomic E-state index is 10.3. The van der Waals surface area contributed by atoms with Crippen molar-refractivity contribution in [2.24, 2.45) is 0 Å². The molecule has 1 rings (SSSR count). The van der Waals surface area contributed by atoms with Crippen molar-refractivity contribution in [2.75, 3.05) is 13.2 Å². The molecule has 0 bridgehead atoms. The molecule has 0 aliphatic carbocycles. The molecule has 0 radical (unpaired) electrons. The van der Waals surface area contributed by atoms with Gasteiger partial charge in [0.15, 0.2) is 0 Å². The molecule has 0 spiro atoms. The Balaban J connectivity index is 2.19. The van der Waals surface area contributed by atoms with Crippen LogP contribution in [0.15, 0.2) is 16.5 Å². The first-order valence-electron chi connectivity index (χ1n) is 5.15. The normalized spacial score (nSPS) is 10.9. The van der Waals surface area contributed by atoms with Crippen LogP contribution in [-0.2, 0) is 11.3 Å². The number of nitro groups is 1. The van der Waals surface area contributed by atoms with Crippen LogP contribution in [0.1, 0.15) is 19.6 Å². The van der Waals surface area contributed by atoms with Crippen LogP contribution in [0.25, 0.3) is 0 Å². The van der Waals surface area contributed by atoms with Gasteiger partial charge >= 0.3 is 5.88 Å². The summed E-state index contributed by atoms with van der Waals surface area (Å²) in [6.07, 6.45) is 0.214. The Morgan fingerprint density at radius 1 is 1.56 bits per heavy atom. The Labute approximate surface area is 93.7 Å². The lowest BCUT2D eigenvalue weighted by atomic mass is 10.4. The van der Waals surface area contributed by atoms with E-state index < -0.39 is 4.92 Å². The molecule has 0 fully saturated rings. The van der Waals surface area contributed by atoms with Crippen LogP contribution in [0.3, 0.4) is 0 Å². The molecule has 1 heterocycles. The first kappa shape index (κ1) is 12.7. The fraction of sp³-hybridized carbons (Fsp3) is 0.600. The lowest BCUT2D eigenvalue weighted by Crippen LogP contribution is -2.20. The van der Waals surface area contributed by atoms with Crippen molar-refractivity contribution in [3.8, 4) is 0 Å². The number of nitrogens with zero attached hydrogens (tertiary/aromatic N) is 1. The molecule has 90 valence electrons. The average molecular weight is 228 g/mol. The summed E-state index contributed by atoms with van der Waals surface area (Å²) < 4.78 is 10.3. The van der Waals surface area contributed by atoms with Gasteiger partial charge in [0, 0.05) is 6.54 Å². The summed E-state index contributed by atoms with van der Waals surface area (Å²) in [7, 11) is 0. The summed E-state index contributed by atoms with van der Waals surface area (Å²) in [6, 6.07) is 2.94. The van der Waals surface area contributed by atoms with E-state index in [2.05, 4.69) is 5.32 Å². The highest BCUT2D eigenvalue weighted by Gasteiger charge is 2.10. The predicted molar refractivity (Wildman–Crippen MR) is 58.2 cm³/mol. The SMILES string of the molecule is CC(C)OCCNCc1ccc([N+](=O)[O-])o1. The summed E-state index contributed by atoms with van der Waals surface area (Å²) >= 11 is 0. The van der Waals surface area contributed by atoms with Gasteiger partial charge in [-0.05, 0) is 19.9 Å². The zero-order valence-corrected chi connectivity index (χ0v) is 9.43. The second-order valence-corrected chi connectivity index (χ2v) is 3.59. The molecular formula is C10H16N2O4. The number of hydrogen-bond donors (Lipinski definition) is 1. The summed E-state index contributed by atoms with van der Waals surface area (Å²) in [5.74, 6) is 0.325. The molecule has 0 aliphatic heterocycles. The molecule has 16 heavy (non-hydrogen) atoms. The molecule has 0 aliphatic rings. The summed E-state index contributed by atoms with van der Waals surface area (Å²) in [6.45, 7) is 5.70. The Hall–Kier alpha value is -1.40. The molecule has 0 aromatic carbocycles. The highest BCUT2D eigenvalue weighted by molar-refractivity contribution is 5.17. The molecule has 1 aromatic heterocycles. The number of nitrogens with one attached hydrogen (secondary N) is 1. The first-order valence-corrected chi connectivity index (χ1v) is 5.15. The van der Waals surface area contributed by atoms with E-state index in [1.165, 1.54) is 6.07 Å². The quantitative estimate of drug-likeness (QED) is 0.436. The van der Waals surface area contributed by atoms with Crippen molar-refractivity contribution >= 4 is 5.88 Å². The van der Waals surface area contributed by atoms with Gasteiger partial charge in [-0.2, -0.15) is 0 Å². The number of ether oxygens (including phenoxy) is 1. The highest BCUT2D eigenvalue weighted by atomic mass is 16.6. The number of rotatable bonds is 7. The van der Waals surface area contributed by atoms with Gasteiger partial charge < -0.3 is 14.5 Å². The van der Waals surface area contributed by atoms with Crippen molar-refractivity contribution in [3.05, 3.63) is 28.0 Å². The van der Waals surface area contributed by atoms with Crippen LogP contribution in [0.2, 0.25) is 0 Å². The van der Waals surface area contributed by atoms with E-state index in [0.717, 1.165) is 0 Å². The molecule has 0 saturated carbocycles. The van der Waals surface area contributed by atoms with E-state index in [1.807, 2.05) is 13.8 Å². The third-order valence-electron chi connectivity index (χ3n) is 1.86. The van der Waals surface area contributed by atoms with Crippen LogP contribution < -0.4 is 5.32 Å². The summed E-state index contributed by atoms with van der Waals surface area (Å²) in [5, 5.41) is 13.4. The third-order valence-corrected chi connectivity index (χ3v) is 1.86. The fourth-order valence-corrected chi connectivity index (χ4v) is 1.14. The van der Waals surface area contributed by atoms with E-state index in [9.17, 15) is 10.1 Å². The van der Waals surface area contributed by atoms with Gasteiger partial charge in [-0.15, -0.1) is 0 Å². The van der Waals surface area contributed by atoms with Gasteiger partial charge in [0.2, 0.25) is 0 Å². The second-order valence-electron chi connectivity index (χ2n) is 3.59. The molecule has 0 amide bonds. The van der Waals surface area contributed by atoms with Crippen molar-refractivity contribution < 1.29 is 14.1 Å². The van der Waals surface area contributed by atoms with Gasteiger partial charge in [0.05, 0.1) is 25.3 Å². The van der Waals surface area contributed by atoms with Crippen LogP contribution in [0.5, 0.6) is 0 Å². The molecule has 0 atom stereocenters. The Kier molecular flexibility index (Phi) is 4.94. The number of hydrogen-bond acceptors (Lipinski definition) is 5. The first-order chi connectivity index (χ1) is 7.59. The maximum Gasteiger partial charge on any atom is 0.433 e. The van der Waals surface area contributed by atoms with E-state index in [1.54, 1.807) is 6.07 Å². The van der Waals surface area contributed by atoms with E-state index in [-0.39, 0.29) is 12.0 Å². The second kappa shape index (κ2) is 6.24.